The standard InChI is InChI=1S/C29H29OSi.2ClH.Zr/c1-5-20-14-15-26-23-11-7-6-10-21(23)18-28(26)29(20)27-19-22(16-17-30-31(2,3)4)24-12-8-9-13-25(24)27;;;/h5-15,19,27H,16-17H2,1-4H3;2*1H;/q;;;+2/p-2. The van der Waals surface area contributed by atoms with Gasteiger partial charge < -0.3 is 24.8 Å². The summed E-state index contributed by atoms with van der Waals surface area (Å²) in [5.74, 6) is 0.291. The average Bonchev–Trinajstić information content (AvgIpc) is 3.29. The van der Waals surface area contributed by atoms with Gasteiger partial charge >= 0.3 is 208 Å². The van der Waals surface area contributed by atoms with E-state index in [0.29, 0.717) is 5.92 Å². The molecule has 0 N–H and O–H groups in total. The third-order valence-corrected chi connectivity index (χ3v) is 8.90. The Labute approximate surface area is 231 Å². The molecule has 5 heteroatoms. The topological polar surface area (TPSA) is 9.23 Å². The molecular formula is C29H29Cl2OSiZr. The summed E-state index contributed by atoms with van der Waals surface area (Å²) >= 11 is 1.48. The van der Waals surface area contributed by atoms with Gasteiger partial charge in [-0.05, 0) is 0 Å². The van der Waals surface area contributed by atoms with E-state index in [1.54, 1.807) is 0 Å². The van der Waals surface area contributed by atoms with Gasteiger partial charge in [-0.2, -0.15) is 0 Å². The Balaban J connectivity index is 0.00000162. The van der Waals surface area contributed by atoms with Gasteiger partial charge in [0.2, 0.25) is 0 Å². The van der Waals surface area contributed by atoms with E-state index in [-0.39, 0.29) is 24.8 Å². The second kappa shape index (κ2) is 10.8. The summed E-state index contributed by atoms with van der Waals surface area (Å²) in [5.41, 5.74) is 7.21. The van der Waals surface area contributed by atoms with E-state index in [0.717, 1.165) is 13.0 Å². The Morgan fingerprint density at radius 3 is 2.26 bits per heavy atom. The van der Waals surface area contributed by atoms with Gasteiger partial charge in [-0.1, -0.05) is 0 Å². The zero-order valence-corrected chi connectivity index (χ0v) is 25.1. The Morgan fingerprint density at radius 2 is 1.56 bits per heavy atom. The van der Waals surface area contributed by atoms with Crippen LogP contribution in [0.2, 0.25) is 19.6 Å². The van der Waals surface area contributed by atoms with Crippen molar-refractivity contribution in [2.45, 2.75) is 38.9 Å². The second-order valence-electron chi connectivity index (χ2n) is 9.67. The van der Waals surface area contributed by atoms with Crippen LogP contribution in [0.25, 0.3) is 14.9 Å². The van der Waals surface area contributed by atoms with Crippen LogP contribution in [-0.2, 0) is 29.1 Å². The molecule has 0 spiro atoms. The van der Waals surface area contributed by atoms with E-state index in [9.17, 15) is 0 Å². The molecule has 0 saturated heterocycles. The van der Waals surface area contributed by atoms with E-state index in [1.165, 1.54) is 76.7 Å². The number of halogens is 2. The van der Waals surface area contributed by atoms with Crippen LogP contribution in [0.3, 0.4) is 0 Å². The fraction of sp³-hybridized carbons (Fsp3) is 0.241. The van der Waals surface area contributed by atoms with Crippen LogP contribution in [-0.4, -0.2) is 14.9 Å². The maximum Gasteiger partial charge on any atom is -1.00 e. The van der Waals surface area contributed by atoms with E-state index in [1.807, 2.05) is 0 Å². The van der Waals surface area contributed by atoms with Crippen molar-refractivity contribution in [1.29, 1.82) is 0 Å². The fourth-order valence-corrected chi connectivity index (χ4v) is 7.06. The van der Waals surface area contributed by atoms with Gasteiger partial charge in [0, 0.05) is 0 Å². The van der Waals surface area contributed by atoms with Crippen molar-refractivity contribution in [2.75, 3.05) is 6.61 Å². The molecule has 2 aliphatic rings. The van der Waals surface area contributed by atoms with Crippen molar-refractivity contribution in [1.82, 2.24) is 0 Å². The van der Waals surface area contributed by atoms with E-state index in [4.69, 9.17) is 4.43 Å². The summed E-state index contributed by atoms with van der Waals surface area (Å²) in [6.45, 7) is 9.78. The molecule has 2 aliphatic carbocycles. The van der Waals surface area contributed by atoms with Crippen LogP contribution < -0.4 is 35.3 Å². The Kier molecular flexibility index (Phi) is 8.70. The minimum atomic E-state index is -1.51. The first-order chi connectivity index (χ1) is 15.4. The zero-order chi connectivity index (χ0) is 22.5. The molecule has 1 nitrogen and oxygen atoms in total. The number of allylic oxidation sites excluding steroid dienone is 1. The summed E-state index contributed by atoms with van der Waals surface area (Å²) in [4.78, 5) is 0. The molecule has 0 aliphatic heterocycles. The predicted molar refractivity (Wildman–Crippen MR) is 133 cm³/mol. The van der Waals surface area contributed by atoms with E-state index < -0.39 is 8.32 Å². The summed E-state index contributed by atoms with van der Waals surface area (Å²) in [6.07, 6.45) is 5.78. The van der Waals surface area contributed by atoms with Gasteiger partial charge in [-0.25, -0.2) is 0 Å². The molecule has 0 aromatic heterocycles. The molecule has 0 radical (unpaired) electrons. The molecule has 34 heavy (non-hydrogen) atoms. The smallest absolute Gasteiger partial charge is 1.00 e. The fourth-order valence-electron chi connectivity index (χ4n) is 5.15. The van der Waals surface area contributed by atoms with Crippen molar-refractivity contribution in [3.63, 3.8) is 0 Å². The molecule has 1 unspecified atom stereocenters. The van der Waals surface area contributed by atoms with Crippen molar-refractivity contribution in [2.24, 2.45) is 0 Å². The molecule has 5 rings (SSSR count). The van der Waals surface area contributed by atoms with Crippen LogP contribution in [0.15, 0.2) is 66.7 Å². The minimum Gasteiger partial charge on any atom is -1.00 e. The van der Waals surface area contributed by atoms with Crippen LogP contribution in [0.5, 0.6) is 0 Å². The molecule has 173 valence electrons. The van der Waals surface area contributed by atoms with Crippen LogP contribution in [0.1, 0.15) is 41.5 Å². The Hall–Kier alpha value is -1.22. The summed E-state index contributed by atoms with van der Waals surface area (Å²) in [6, 6.07) is 22.5. The number of hydrogen-bond donors (Lipinski definition) is 0. The van der Waals surface area contributed by atoms with Crippen molar-refractivity contribution in [3.05, 3.63) is 110 Å². The van der Waals surface area contributed by atoms with Crippen molar-refractivity contribution < 1.29 is 54.0 Å². The Morgan fingerprint density at radius 1 is 0.882 bits per heavy atom. The number of fused-ring (bicyclic) bond motifs is 3. The molecule has 3 aromatic carbocycles. The van der Waals surface area contributed by atoms with E-state index in [2.05, 4.69) is 99.4 Å². The average molecular weight is 584 g/mol. The SMILES string of the molecule is CC=c1ccc2c(c1C1C=C(CCO[Si](C)(C)C)c3ccccc31)[C]([Zr+2])=c1ccccc1=2.[Cl-].[Cl-]. The van der Waals surface area contributed by atoms with Crippen molar-refractivity contribution in [3.8, 4) is 0 Å². The van der Waals surface area contributed by atoms with Crippen LogP contribution in [0, 0.1) is 10.4 Å². The van der Waals surface area contributed by atoms with Gasteiger partial charge in [-0.3, -0.25) is 0 Å². The monoisotopic (exact) mass is 581 g/mol. The maximum absolute atomic E-state index is 6.22. The predicted octanol–water partition coefficient (Wildman–Crippen LogP) is -0.431. The molecule has 1 atom stereocenters. The molecule has 0 amide bonds. The van der Waals surface area contributed by atoms with Gasteiger partial charge in [0.15, 0.2) is 0 Å². The molecule has 0 heterocycles. The molecule has 0 saturated carbocycles. The summed E-state index contributed by atoms with van der Waals surface area (Å²) in [7, 11) is -1.51. The summed E-state index contributed by atoms with van der Waals surface area (Å²) in [5, 5.41) is 5.55. The molecule has 0 fully saturated rings. The number of rotatable bonds is 5. The number of benzene rings is 3. The van der Waals surface area contributed by atoms with Gasteiger partial charge in [-0.15, -0.1) is 0 Å². The quantitative estimate of drug-likeness (QED) is 0.371. The van der Waals surface area contributed by atoms with Gasteiger partial charge in [0.05, 0.1) is 0 Å². The Bertz CT molecular complexity index is 1470. The second-order valence-corrected chi connectivity index (χ2v) is 15.4. The molecule has 3 aromatic rings. The van der Waals surface area contributed by atoms with E-state index >= 15 is 0 Å². The maximum atomic E-state index is 6.22. The first-order valence-electron chi connectivity index (χ1n) is 11.5. The zero-order valence-electron chi connectivity index (χ0n) is 20.1. The van der Waals surface area contributed by atoms with Gasteiger partial charge in [0.25, 0.3) is 0 Å². The third kappa shape index (κ3) is 4.88. The largest absolute Gasteiger partial charge is 1.00 e. The summed E-state index contributed by atoms with van der Waals surface area (Å²) < 4.78 is 7.71. The number of hydrogen-bond acceptors (Lipinski definition) is 1. The first-order valence-corrected chi connectivity index (χ1v) is 16.1. The van der Waals surface area contributed by atoms with Crippen LogP contribution in [0.4, 0.5) is 0 Å². The minimum absolute atomic E-state index is 0. The normalized spacial score (nSPS) is 16.3. The van der Waals surface area contributed by atoms with Crippen LogP contribution >= 0.6 is 0 Å². The molecular weight excluding hydrogens is 555 g/mol. The van der Waals surface area contributed by atoms with Crippen molar-refractivity contribution >= 4 is 23.2 Å². The third-order valence-electron chi connectivity index (χ3n) is 6.55. The molecule has 0 bridgehead atoms. The van der Waals surface area contributed by atoms with Gasteiger partial charge in [0.1, 0.15) is 0 Å². The first kappa shape index (κ1) is 27.4.